The van der Waals surface area contributed by atoms with Crippen LogP contribution in [0.5, 0.6) is 5.75 Å². The second-order valence-electron chi connectivity index (χ2n) is 7.26. The Hall–Kier alpha value is -1.31. The highest BCUT2D eigenvalue weighted by Gasteiger charge is 2.54. The van der Waals surface area contributed by atoms with E-state index in [0.717, 1.165) is 48.3 Å². The molecule has 0 heterocycles. The van der Waals surface area contributed by atoms with Crippen LogP contribution in [0.25, 0.3) is 0 Å². The fourth-order valence-corrected chi connectivity index (χ4v) is 5.44. The number of hydrogen-bond acceptors (Lipinski definition) is 2. The van der Waals surface area contributed by atoms with E-state index in [9.17, 15) is 4.79 Å². The number of benzene rings is 1. The molecule has 20 heavy (non-hydrogen) atoms. The van der Waals surface area contributed by atoms with E-state index in [-0.39, 0.29) is 5.41 Å². The van der Waals surface area contributed by atoms with Crippen LogP contribution in [-0.2, 0) is 0 Å². The molecule has 0 radical (unpaired) electrons. The van der Waals surface area contributed by atoms with E-state index in [1.54, 1.807) is 7.11 Å². The van der Waals surface area contributed by atoms with E-state index in [4.69, 9.17) is 4.74 Å². The van der Waals surface area contributed by atoms with Gasteiger partial charge in [0.05, 0.1) is 7.11 Å². The molecule has 4 aliphatic rings. The Morgan fingerprint density at radius 1 is 1.00 bits per heavy atom. The van der Waals surface area contributed by atoms with Crippen LogP contribution in [0.4, 0.5) is 0 Å². The van der Waals surface area contributed by atoms with Crippen LogP contribution >= 0.6 is 0 Å². The summed E-state index contributed by atoms with van der Waals surface area (Å²) in [5, 5.41) is 0. The van der Waals surface area contributed by atoms with Gasteiger partial charge in [0.1, 0.15) is 5.75 Å². The molecule has 0 spiro atoms. The average molecular weight is 270 g/mol. The highest BCUT2D eigenvalue weighted by molar-refractivity contribution is 6.00. The third-order valence-electron chi connectivity index (χ3n) is 5.87. The Kier molecular flexibility index (Phi) is 2.70. The van der Waals surface area contributed by atoms with Crippen LogP contribution in [0.15, 0.2) is 24.3 Å². The minimum atomic E-state index is -0.0245. The minimum Gasteiger partial charge on any atom is -0.497 e. The van der Waals surface area contributed by atoms with Gasteiger partial charge in [-0.15, -0.1) is 0 Å². The van der Waals surface area contributed by atoms with Crippen LogP contribution in [0.3, 0.4) is 0 Å². The second-order valence-corrected chi connectivity index (χ2v) is 7.26. The van der Waals surface area contributed by atoms with Gasteiger partial charge < -0.3 is 4.74 Å². The lowest BCUT2D eigenvalue weighted by atomic mass is 9.48. The van der Waals surface area contributed by atoms with Gasteiger partial charge in [-0.05, 0) is 80.5 Å². The summed E-state index contributed by atoms with van der Waals surface area (Å²) in [5.74, 6) is 3.70. The number of Topliss-reactive ketones (excluding diaryl/α,β-unsaturated/α-hetero) is 1. The lowest BCUT2D eigenvalue weighted by Crippen LogP contribution is -2.50. The molecule has 4 aliphatic carbocycles. The van der Waals surface area contributed by atoms with Crippen molar-refractivity contribution < 1.29 is 9.53 Å². The van der Waals surface area contributed by atoms with Gasteiger partial charge in [-0.25, -0.2) is 0 Å². The number of carbonyl (C=O) groups is 1. The SMILES string of the molecule is COc1ccc(C(=O)C23CC4CC(CC(C4)C2)C3)cc1. The summed E-state index contributed by atoms with van der Waals surface area (Å²) in [6, 6.07) is 7.71. The highest BCUT2D eigenvalue weighted by atomic mass is 16.5. The highest BCUT2D eigenvalue weighted by Crippen LogP contribution is 2.60. The summed E-state index contributed by atoms with van der Waals surface area (Å²) in [5.41, 5.74) is 0.858. The van der Waals surface area contributed by atoms with Crippen molar-refractivity contribution in [1.29, 1.82) is 0 Å². The standard InChI is InChI=1S/C18H22O2/c1-20-16-4-2-15(3-5-16)17(19)18-9-12-6-13(10-18)8-14(7-12)11-18/h2-5,12-14H,6-11H2,1H3. The first-order valence-corrected chi connectivity index (χ1v) is 7.87. The van der Waals surface area contributed by atoms with Crippen molar-refractivity contribution in [3.63, 3.8) is 0 Å². The van der Waals surface area contributed by atoms with Gasteiger partial charge >= 0.3 is 0 Å². The normalized spacial score (nSPS) is 38.0. The number of hydrogen-bond donors (Lipinski definition) is 0. The molecule has 106 valence electrons. The average Bonchev–Trinajstić information content (AvgIpc) is 2.45. The molecular formula is C18H22O2. The van der Waals surface area contributed by atoms with Crippen molar-refractivity contribution in [2.24, 2.45) is 23.2 Å². The fraction of sp³-hybridized carbons (Fsp3) is 0.611. The summed E-state index contributed by atoms with van der Waals surface area (Å²) >= 11 is 0. The first-order chi connectivity index (χ1) is 9.68. The van der Waals surface area contributed by atoms with Crippen LogP contribution in [-0.4, -0.2) is 12.9 Å². The summed E-state index contributed by atoms with van der Waals surface area (Å²) in [6.07, 6.45) is 7.58. The Bertz CT molecular complexity index is 494. The predicted octanol–water partition coefficient (Wildman–Crippen LogP) is 4.09. The molecule has 0 aliphatic heterocycles. The van der Waals surface area contributed by atoms with E-state index in [1.807, 2.05) is 24.3 Å². The van der Waals surface area contributed by atoms with Gasteiger partial charge in [-0.1, -0.05) is 0 Å². The van der Waals surface area contributed by atoms with Crippen molar-refractivity contribution in [3.05, 3.63) is 29.8 Å². The van der Waals surface area contributed by atoms with E-state index in [1.165, 1.54) is 19.3 Å². The third kappa shape index (κ3) is 1.81. The molecule has 1 aromatic rings. The molecule has 4 fully saturated rings. The molecule has 4 saturated carbocycles. The zero-order valence-corrected chi connectivity index (χ0v) is 12.1. The first-order valence-electron chi connectivity index (χ1n) is 7.87. The minimum absolute atomic E-state index is 0.0245. The summed E-state index contributed by atoms with van der Waals surface area (Å²) in [7, 11) is 1.66. The van der Waals surface area contributed by atoms with Gasteiger partial charge in [0.25, 0.3) is 0 Å². The van der Waals surface area contributed by atoms with Gasteiger partial charge in [0.15, 0.2) is 5.78 Å². The summed E-state index contributed by atoms with van der Waals surface area (Å²) in [6.45, 7) is 0. The van der Waals surface area contributed by atoms with Crippen molar-refractivity contribution in [2.75, 3.05) is 7.11 Å². The Balaban J connectivity index is 1.64. The fourth-order valence-electron chi connectivity index (χ4n) is 5.44. The maximum Gasteiger partial charge on any atom is 0.169 e. The van der Waals surface area contributed by atoms with E-state index < -0.39 is 0 Å². The number of methoxy groups -OCH3 is 1. The number of ether oxygens (including phenoxy) is 1. The molecule has 2 heteroatoms. The largest absolute Gasteiger partial charge is 0.497 e. The quantitative estimate of drug-likeness (QED) is 0.773. The molecule has 0 amide bonds. The molecule has 5 rings (SSSR count). The summed E-state index contributed by atoms with van der Waals surface area (Å²) in [4.78, 5) is 13.1. The van der Waals surface area contributed by atoms with Crippen LogP contribution < -0.4 is 4.74 Å². The zero-order chi connectivity index (χ0) is 13.7. The van der Waals surface area contributed by atoms with E-state index in [0.29, 0.717) is 5.78 Å². The Labute approximate surface area is 120 Å². The number of rotatable bonds is 3. The Morgan fingerprint density at radius 2 is 1.50 bits per heavy atom. The zero-order valence-electron chi connectivity index (χ0n) is 12.1. The van der Waals surface area contributed by atoms with Crippen LogP contribution in [0.1, 0.15) is 48.9 Å². The first kappa shape index (κ1) is 12.4. The molecule has 0 unspecified atom stereocenters. The van der Waals surface area contributed by atoms with E-state index in [2.05, 4.69) is 0 Å². The van der Waals surface area contributed by atoms with Gasteiger partial charge in [0.2, 0.25) is 0 Å². The number of ketones is 1. The van der Waals surface area contributed by atoms with Gasteiger partial charge in [0, 0.05) is 11.0 Å². The van der Waals surface area contributed by atoms with Crippen molar-refractivity contribution in [3.8, 4) is 5.75 Å². The van der Waals surface area contributed by atoms with Crippen LogP contribution in [0, 0.1) is 23.2 Å². The molecular weight excluding hydrogens is 248 g/mol. The van der Waals surface area contributed by atoms with Crippen molar-refractivity contribution in [2.45, 2.75) is 38.5 Å². The maximum absolute atomic E-state index is 13.1. The van der Waals surface area contributed by atoms with Crippen LogP contribution in [0.2, 0.25) is 0 Å². The smallest absolute Gasteiger partial charge is 0.169 e. The molecule has 4 bridgehead atoms. The number of carbonyl (C=O) groups excluding carboxylic acids is 1. The van der Waals surface area contributed by atoms with Crippen molar-refractivity contribution in [1.82, 2.24) is 0 Å². The molecule has 1 aromatic carbocycles. The monoisotopic (exact) mass is 270 g/mol. The summed E-state index contributed by atoms with van der Waals surface area (Å²) < 4.78 is 5.19. The molecule has 0 aromatic heterocycles. The lowest BCUT2D eigenvalue weighted by Gasteiger charge is -2.56. The van der Waals surface area contributed by atoms with Gasteiger partial charge in [-0.3, -0.25) is 4.79 Å². The lowest BCUT2D eigenvalue weighted by molar-refractivity contribution is -0.0353. The molecule has 2 nitrogen and oxygen atoms in total. The molecule has 0 saturated heterocycles. The van der Waals surface area contributed by atoms with E-state index >= 15 is 0 Å². The molecule has 0 atom stereocenters. The maximum atomic E-state index is 13.1. The molecule has 0 N–H and O–H groups in total. The van der Waals surface area contributed by atoms with Gasteiger partial charge in [-0.2, -0.15) is 0 Å². The third-order valence-corrected chi connectivity index (χ3v) is 5.87. The topological polar surface area (TPSA) is 26.3 Å². The van der Waals surface area contributed by atoms with Crippen molar-refractivity contribution >= 4 is 5.78 Å². The Morgan fingerprint density at radius 3 is 1.95 bits per heavy atom. The second kappa shape index (κ2) is 4.34. The predicted molar refractivity (Wildman–Crippen MR) is 77.9 cm³/mol.